The third-order valence-electron chi connectivity index (χ3n) is 3.94. The topological polar surface area (TPSA) is 57.6 Å². The minimum absolute atomic E-state index is 0.299. The van der Waals surface area contributed by atoms with Crippen LogP contribution in [0.4, 0.5) is 10.1 Å². The van der Waals surface area contributed by atoms with Gasteiger partial charge in [-0.1, -0.05) is 35.3 Å². The quantitative estimate of drug-likeness (QED) is 0.891. The Bertz CT molecular complexity index is 841. The third-order valence-corrected chi connectivity index (χ3v) is 4.68. The zero-order chi connectivity index (χ0) is 17.4. The van der Waals surface area contributed by atoms with E-state index in [1.165, 1.54) is 18.2 Å². The first-order valence-electron chi connectivity index (χ1n) is 7.13. The number of halogens is 3. The lowest BCUT2D eigenvalue weighted by Gasteiger charge is -2.15. The number of benzene rings is 2. The van der Waals surface area contributed by atoms with Gasteiger partial charge in [0.25, 0.3) is 0 Å². The summed E-state index contributed by atoms with van der Waals surface area (Å²) in [5.74, 6) is -2.64. The summed E-state index contributed by atoms with van der Waals surface area (Å²) in [5, 5.41) is 9.80. The van der Waals surface area contributed by atoms with Gasteiger partial charge in [-0.25, -0.2) is 4.39 Å². The van der Waals surface area contributed by atoms with Gasteiger partial charge in [-0.05, 0) is 41.8 Å². The van der Waals surface area contributed by atoms with Gasteiger partial charge in [0.2, 0.25) is 5.91 Å². The van der Waals surface area contributed by atoms with Crippen LogP contribution >= 0.6 is 23.2 Å². The number of rotatable bonds is 4. The zero-order valence-electron chi connectivity index (χ0n) is 12.3. The molecule has 0 saturated heterocycles. The van der Waals surface area contributed by atoms with Gasteiger partial charge in [0.1, 0.15) is 12.4 Å². The molecular weight excluding hydrogens is 356 g/mol. The van der Waals surface area contributed by atoms with Crippen molar-refractivity contribution in [2.75, 3.05) is 11.4 Å². The van der Waals surface area contributed by atoms with Gasteiger partial charge < -0.3 is 10.0 Å². The van der Waals surface area contributed by atoms with Crippen LogP contribution in [0.5, 0.6) is 0 Å². The van der Waals surface area contributed by atoms with Gasteiger partial charge in [0.05, 0.1) is 21.7 Å². The van der Waals surface area contributed by atoms with Crippen molar-refractivity contribution < 1.29 is 19.1 Å². The average molecular weight is 368 g/mol. The molecule has 1 unspecified atom stereocenters. The number of anilines is 1. The maximum Gasteiger partial charge on any atom is 0.323 e. The Morgan fingerprint density at radius 2 is 1.92 bits per heavy atom. The molecule has 0 aromatic heterocycles. The molecule has 1 N–H and O–H groups in total. The van der Waals surface area contributed by atoms with Gasteiger partial charge in [0.15, 0.2) is 0 Å². The van der Waals surface area contributed by atoms with Crippen molar-refractivity contribution in [1.82, 2.24) is 0 Å². The number of hydrogen-bond donors (Lipinski definition) is 1. The number of hydrogen-bond acceptors (Lipinski definition) is 2. The fraction of sp³-hybridized carbons (Fsp3) is 0.176. The van der Waals surface area contributed by atoms with Crippen LogP contribution < -0.4 is 4.90 Å². The van der Waals surface area contributed by atoms with Crippen LogP contribution in [0, 0.1) is 5.82 Å². The maximum atomic E-state index is 13.5. The molecule has 1 aliphatic rings. The van der Waals surface area contributed by atoms with E-state index < -0.39 is 24.2 Å². The number of amides is 1. The van der Waals surface area contributed by atoms with Crippen LogP contribution in [0.3, 0.4) is 0 Å². The molecule has 3 rings (SSSR count). The number of carbonyl (C=O) groups is 2. The predicted molar refractivity (Wildman–Crippen MR) is 89.3 cm³/mol. The highest BCUT2D eigenvalue weighted by atomic mass is 35.5. The smallest absolute Gasteiger partial charge is 0.323 e. The Labute approximate surface area is 147 Å². The lowest BCUT2D eigenvalue weighted by Crippen LogP contribution is -2.34. The van der Waals surface area contributed by atoms with Crippen LogP contribution in [0.2, 0.25) is 10.0 Å². The van der Waals surface area contributed by atoms with E-state index in [1.807, 2.05) is 0 Å². The SMILES string of the molecule is O=C(O)CN1C(=O)C(Cc2ccc(Cl)c(Cl)c2)c2ccc(F)cc21. The molecule has 0 spiro atoms. The number of carboxylic acid groups (broad SMARTS) is 1. The van der Waals surface area contributed by atoms with Gasteiger partial charge in [0, 0.05) is 0 Å². The second-order valence-electron chi connectivity index (χ2n) is 5.53. The van der Waals surface area contributed by atoms with E-state index in [0.29, 0.717) is 27.7 Å². The molecule has 1 amide bonds. The Morgan fingerprint density at radius 1 is 1.17 bits per heavy atom. The molecular formula is C17H12Cl2FNO3. The lowest BCUT2D eigenvalue weighted by molar-refractivity contribution is -0.136. The van der Waals surface area contributed by atoms with Crippen LogP contribution in [-0.4, -0.2) is 23.5 Å². The van der Waals surface area contributed by atoms with Gasteiger partial charge in [-0.2, -0.15) is 0 Å². The van der Waals surface area contributed by atoms with Gasteiger partial charge >= 0.3 is 5.97 Å². The van der Waals surface area contributed by atoms with E-state index in [1.54, 1.807) is 18.2 Å². The Hall–Kier alpha value is -2.11. The highest BCUT2D eigenvalue weighted by Crippen LogP contribution is 2.40. The normalized spacial score (nSPS) is 16.4. The molecule has 4 nitrogen and oxygen atoms in total. The van der Waals surface area contributed by atoms with E-state index in [2.05, 4.69) is 0 Å². The van der Waals surface area contributed by atoms with Crippen LogP contribution in [0.25, 0.3) is 0 Å². The van der Waals surface area contributed by atoms with Crippen LogP contribution in [0.15, 0.2) is 36.4 Å². The molecule has 7 heteroatoms. The molecule has 0 radical (unpaired) electrons. The first kappa shape index (κ1) is 16.7. The molecule has 0 bridgehead atoms. The molecule has 1 aliphatic heterocycles. The number of nitrogens with zero attached hydrogens (tertiary/aromatic N) is 1. The Kier molecular flexibility index (Phi) is 4.47. The zero-order valence-corrected chi connectivity index (χ0v) is 13.8. The fourth-order valence-electron chi connectivity index (χ4n) is 2.88. The van der Waals surface area contributed by atoms with Crippen molar-refractivity contribution in [1.29, 1.82) is 0 Å². The standard InChI is InChI=1S/C17H12Cl2FNO3/c18-13-4-1-9(6-14(13)19)5-12-11-3-2-10(20)7-15(11)21(17(12)24)8-16(22)23/h1-4,6-7,12H,5,8H2,(H,22,23). The Balaban J connectivity index is 1.97. The van der Waals surface area contributed by atoms with E-state index in [9.17, 15) is 14.0 Å². The summed E-state index contributed by atoms with van der Waals surface area (Å²) in [5.41, 5.74) is 1.69. The van der Waals surface area contributed by atoms with Crippen LogP contribution in [-0.2, 0) is 16.0 Å². The first-order chi connectivity index (χ1) is 11.4. The van der Waals surface area contributed by atoms with Crippen molar-refractivity contribution >= 4 is 40.8 Å². The lowest BCUT2D eigenvalue weighted by atomic mass is 9.93. The van der Waals surface area contributed by atoms with Crippen molar-refractivity contribution in [2.45, 2.75) is 12.3 Å². The second kappa shape index (κ2) is 6.42. The predicted octanol–water partition coefficient (Wildman–Crippen LogP) is 3.89. The molecule has 0 fully saturated rings. The fourth-order valence-corrected chi connectivity index (χ4v) is 3.20. The molecule has 124 valence electrons. The van der Waals surface area contributed by atoms with Crippen molar-refractivity contribution in [3.05, 3.63) is 63.4 Å². The molecule has 24 heavy (non-hydrogen) atoms. The first-order valence-corrected chi connectivity index (χ1v) is 7.89. The number of aliphatic carboxylic acids is 1. The van der Waals surface area contributed by atoms with Crippen molar-refractivity contribution in [2.24, 2.45) is 0 Å². The summed E-state index contributed by atoms with van der Waals surface area (Å²) in [6, 6.07) is 9.03. The van der Waals surface area contributed by atoms with Gasteiger partial charge in [-0.3, -0.25) is 9.59 Å². The van der Waals surface area contributed by atoms with Crippen molar-refractivity contribution in [3.63, 3.8) is 0 Å². The summed E-state index contributed by atoms with van der Waals surface area (Å²) in [6.07, 6.45) is 0.324. The molecule has 0 aliphatic carbocycles. The van der Waals surface area contributed by atoms with Crippen LogP contribution in [0.1, 0.15) is 17.0 Å². The second-order valence-corrected chi connectivity index (χ2v) is 6.34. The largest absolute Gasteiger partial charge is 0.480 e. The number of carboxylic acids is 1. The third kappa shape index (κ3) is 3.09. The summed E-state index contributed by atoms with van der Waals surface area (Å²) in [6.45, 7) is -0.507. The molecule has 1 heterocycles. The average Bonchev–Trinajstić information content (AvgIpc) is 2.76. The van der Waals surface area contributed by atoms with E-state index >= 15 is 0 Å². The van der Waals surface area contributed by atoms with Crippen molar-refractivity contribution in [3.8, 4) is 0 Å². The molecule has 2 aromatic rings. The van der Waals surface area contributed by atoms with E-state index in [-0.39, 0.29) is 5.91 Å². The Morgan fingerprint density at radius 3 is 2.58 bits per heavy atom. The minimum Gasteiger partial charge on any atom is -0.480 e. The minimum atomic E-state index is -1.16. The maximum absolute atomic E-state index is 13.5. The highest BCUT2D eigenvalue weighted by Gasteiger charge is 2.38. The summed E-state index contributed by atoms with van der Waals surface area (Å²) in [7, 11) is 0. The summed E-state index contributed by atoms with van der Waals surface area (Å²) >= 11 is 11.9. The summed E-state index contributed by atoms with van der Waals surface area (Å²) < 4.78 is 13.5. The summed E-state index contributed by atoms with van der Waals surface area (Å²) in [4.78, 5) is 24.8. The van der Waals surface area contributed by atoms with Gasteiger partial charge in [-0.15, -0.1) is 0 Å². The van der Waals surface area contributed by atoms with E-state index in [0.717, 1.165) is 10.5 Å². The van der Waals surface area contributed by atoms with E-state index in [4.69, 9.17) is 28.3 Å². The number of fused-ring (bicyclic) bond motifs is 1. The highest BCUT2D eigenvalue weighted by molar-refractivity contribution is 6.42. The molecule has 0 saturated carbocycles. The molecule has 2 aromatic carbocycles. The number of carbonyl (C=O) groups excluding carboxylic acids is 1. The molecule has 1 atom stereocenters. The monoisotopic (exact) mass is 367 g/mol.